The maximum Gasteiger partial charge on any atom is 0.314 e. The molecule has 0 radical (unpaired) electrons. The van der Waals surface area contributed by atoms with Crippen LogP contribution in [0, 0.1) is 5.82 Å². The lowest BCUT2D eigenvalue weighted by atomic mass is 9.91. The van der Waals surface area contributed by atoms with E-state index in [4.69, 9.17) is 0 Å². The Hall–Kier alpha value is -1.78. The molecule has 15 heavy (non-hydrogen) atoms. The van der Waals surface area contributed by atoms with E-state index in [1.54, 1.807) is 0 Å². The Kier molecular flexibility index (Phi) is 2.45. The van der Waals surface area contributed by atoms with Crippen LogP contribution in [0.4, 0.5) is 4.39 Å². The number of aromatic nitrogens is 1. The fourth-order valence-electron chi connectivity index (χ4n) is 1.62. The number of nitrogens with zero attached hydrogens (tertiary/aromatic N) is 1. The van der Waals surface area contributed by atoms with Crippen LogP contribution in [-0.2, 0) is 14.3 Å². The molecule has 1 aliphatic rings. The molecule has 1 saturated heterocycles. The molecule has 2 rings (SSSR count). The molecule has 0 aromatic carbocycles. The molecule has 1 aromatic rings. The SMILES string of the molecule is O=C1CC(c2ccncc2F)CC(=O)O1. The van der Waals surface area contributed by atoms with Crippen molar-refractivity contribution in [3.05, 3.63) is 29.8 Å². The standard InChI is InChI=1S/C10H8FNO3/c11-8-5-12-2-1-7(8)6-3-9(13)15-10(14)4-6/h1-2,5-6H,3-4H2. The first-order chi connectivity index (χ1) is 7.16. The largest absolute Gasteiger partial charge is 0.393 e. The van der Waals surface area contributed by atoms with E-state index in [1.165, 1.54) is 12.3 Å². The van der Waals surface area contributed by atoms with E-state index in [-0.39, 0.29) is 12.8 Å². The van der Waals surface area contributed by atoms with Gasteiger partial charge in [-0.3, -0.25) is 14.6 Å². The molecule has 1 aromatic heterocycles. The number of hydrogen-bond donors (Lipinski definition) is 0. The van der Waals surface area contributed by atoms with Crippen molar-refractivity contribution >= 4 is 11.9 Å². The first-order valence-corrected chi connectivity index (χ1v) is 4.49. The minimum Gasteiger partial charge on any atom is -0.393 e. The van der Waals surface area contributed by atoms with Crippen LogP contribution < -0.4 is 0 Å². The zero-order valence-electron chi connectivity index (χ0n) is 7.77. The highest BCUT2D eigenvalue weighted by atomic mass is 19.1. The fraction of sp³-hybridized carbons (Fsp3) is 0.300. The van der Waals surface area contributed by atoms with Crippen molar-refractivity contribution < 1.29 is 18.7 Å². The topological polar surface area (TPSA) is 56.3 Å². The van der Waals surface area contributed by atoms with Crippen molar-refractivity contribution in [1.29, 1.82) is 0 Å². The van der Waals surface area contributed by atoms with Crippen molar-refractivity contribution in [2.24, 2.45) is 0 Å². The maximum absolute atomic E-state index is 13.3. The van der Waals surface area contributed by atoms with Crippen molar-refractivity contribution in [2.45, 2.75) is 18.8 Å². The van der Waals surface area contributed by atoms with Crippen LogP contribution >= 0.6 is 0 Å². The molecule has 5 heteroatoms. The smallest absolute Gasteiger partial charge is 0.314 e. The molecule has 0 aliphatic carbocycles. The summed E-state index contributed by atoms with van der Waals surface area (Å²) in [4.78, 5) is 25.6. The van der Waals surface area contributed by atoms with Crippen LogP contribution in [0.3, 0.4) is 0 Å². The lowest BCUT2D eigenvalue weighted by molar-refractivity contribution is -0.163. The molecule has 0 bridgehead atoms. The summed E-state index contributed by atoms with van der Waals surface area (Å²) < 4.78 is 17.7. The third kappa shape index (κ3) is 2.01. The third-order valence-electron chi connectivity index (χ3n) is 2.30. The molecule has 1 aliphatic heterocycles. The predicted molar refractivity (Wildman–Crippen MR) is 47.3 cm³/mol. The van der Waals surface area contributed by atoms with Gasteiger partial charge in [-0.25, -0.2) is 4.39 Å². The Morgan fingerprint density at radius 2 is 2.00 bits per heavy atom. The minimum absolute atomic E-state index is 0.0344. The summed E-state index contributed by atoms with van der Waals surface area (Å²) in [7, 11) is 0. The van der Waals surface area contributed by atoms with Gasteiger partial charge in [0.1, 0.15) is 5.82 Å². The number of carbonyl (C=O) groups excluding carboxylic acids is 2. The second-order valence-corrected chi connectivity index (χ2v) is 3.35. The Labute approximate surface area is 85.1 Å². The number of pyridine rings is 1. The molecular formula is C10H8FNO3. The van der Waals surface area contributed by atoms with Crippen molar-refractivity contribution in [3.8, 4) is 0 Å². The van der Waals surface area contributed by atoms with Gasteiger partial charge in [0, 0.05) is 12.1 Å². The van der Waals surface area contributed by atoms with E-state index < -0.39 is 23.7 Å². The number of hydrogen-bond acceptors (Lipinski definition) is 4. The number of ether oxygens (including phenoxy) is 1. The summed E-state index contributed by atoms with van der Waals surface area (Å²) in [5, 5.41) is 0. The molecule has 1 fully saturated rings. The quantitative estimate of drug-likeness (QED) is 0.514. The summed E-state index contributed by atoms with van der Waals surface area (Å²) in [6.45, 7) is 0. The first-order valence-electron chi connectivity index (χ1n) is 4.49. The minimum atomic E-state index is -0.604. The van der Waals surface area contributed by atoms with E-state index >= 15 is 0 Å². The van der Waals surface area contributed by atoms with E-state index in [0.717, 1.165) is 6.20 Å². The number of rotatable bonds is 1. The summed E-state index contributed by atoms with van der Waals surface area (Å²) in [6.07, 6.45) is 2.57. The maximum atomic E-state index is 13.3. The molecule has 4 nitrogen and oxygen atoms in total. The van der Waals surface area contributed by atoms with Gasteiger partial charge < -0.3 is 4.74 Å². The van der Waals surface area contributed by atoms with Crippen LogP contribution in [0.5, 0.6) is 0 Å². The Morgan fingerprint density at radius 1 is 1.33 bits per heavy atom. The lowest BCUT2D eigenvalue weighted by Gasteiger charge is -2.19. The van der Waals surface area contributed by atoms with Crippen molar-refractivity contribution in [3.63, 3.8) is 0 Å². The summed E-state index contributed by atoms with van der Waals surface area (Å²) in [5.41, 5.74) is 0.343. The van der Waals surface area contributed by atoms with Gasteiger partial charge in [-0.2, -0.15) is 0 Å². The average Bonchev–Trinajstić information content (AvgIpc) is 2.16. The van der Waals surface area contributed by atoms with Gasteiger partial charge in [-0.15, -0.1) is 0 Å². The van der Waals surface area contributed by atoms with Gasteiger partial charge in [0.25, 0.3) is 0 Å². The molecular weight excluding hydrogens is 201 g/mol. The predicted octanol–water partition coefficient (Wildman–Crippen LogP) is 1.17. The van der Waals surface area contributed by atoms with Gasteiger partial charge in [-0.1, -0.05) is 0 Å². The Bertz CT molecular complexity index is 403. The van der Waals surface area contributed by atoms with Gasteiger partial charge >= 0.3 is 11.9 Å². The highest BCUT2D eigenvalue weighted by Crippen LogP contribution is 2.29. The first kappa shape index (κ1) is 9.76. The Balaban J connectivity index is 2.27. The van der Waals surface area contributed by atoms with E-state index in [1.807, 2.05) is 0 Å². The fourth-order valence-corrected chi connectivity index (χ4v) is 1.62. The number of cyclic esters (lactones) is 2. The van der Waals surface area contributed by atoms with E-state index in [9.17, 15) is 14.0 Å². The van der Waals surface area contributed by atoms with Gasteiger partial charge in [0.2, 0.25) is 0 Å². The molecule has 0 amide bonds. The van der Waals surface area contributed by atoms with Crippen molar-refractivity contribution in [1.82, 2.24) is 4.98 Å². The molecule has 2 heterocycles. The number of halogens is 1. The molecule has 0 saturated carbocycles. The zero-order chi connectivity index (χ0) is 10.8. The van der Waals surface area contributed by atoms with Gasteiger partial charge in [0.15, 0.2) is 0 Å². The molecule has 0 N–H and O–H groups in total. The zero-order valence-corrected chi connectivity index (χ0v) is 7.77. The number of carbonyl (C=O) groups is 2. The summed E-state index contributed by atoms with van der Waals surface area (Å²) >= 11 is 0. The average molecular weight is 209 g/mol. The molecule has 78 valence electrons. The van der Waals surface area contributed by atoms with E-state index in [2.05, 4.69) is 9.72 Å². The Morgan fingerprint density at radius 3 is 2.60 bits per heavy atom. The van der Waals surface area contributed by atoms with Crippen LogP contribution in [0.25, 0.3) is 0 Å². The van der Waals surface area contributed by atoms with E-state index in [0.29, 0.717) is 5.56 Å². The molecule has 0 spiro atoms. The highest BCUT2D eigenvalue weighted by molar-refractivity contribution is 5.89. The summed E-state index contributed by atoms with van der Waals surface area (Å²) in [6, 6.07) is 1.48. The summed E-state index contributed by atoms with van der Waals surface area (Å²) in [5.74, 6) is -2.13. The number of esters is 2. The van der Waals surface area contributed by atoms with Crippen LogP contribution in [0.2, 0.25) is 0 Å². The lowest BCUT2D eigenvalue weighted by Crippen LogP contribution is -2.24. The van der Waals surface area contributed by atoms with Gasteiger partial charge in [0.05, 0.1) is 19.0 Å². The van der Waals surface area contributed by atoms with Crippen LogP contribution in [0.1, 0.15) is 24.3 Å². The second kappa shape index (κ2) is 3.76. The second-order valence-electron chi connectivity index (χ2n) is 3.35. The highest BCUT2D eigenvalue weighted by Gasteiger charge is 2.29. The van der Waals surface area contributed by atoms with Crippen LogP contribution in [-0.4, -0.2) is 16.9 Å². The molecule has 0 unspecified atom stereocenters. The molecule has 0 atom stereocenters. The normalized spacial score (nSPS) is 17.7. The third-order valence-corrected chi connectivity index (χ3v) is 2.30. The van der Waals surface area contributed by atoms with Crippen LogP contribution in [0.15, 0.2) is 18.5 Å². The van der Waals surface area contributed by atoms with Gasteiger partial charge in [-0.05, 0) is 11.6 Å². The van der Waals surface area contributed by atoms with Crippen molar-refractivity contribution in [2.75, 3.05) is 0 Å². The monoisotopic (exact) mass is 209 g/mol.